The second kappa shape index (κ2) is 8.53. The number of alkyl halides is 3. The maximum absolute atomic E-state index is 13.1. The highest BCUT2D eigenvalue weighted by molar-refractivity contribution is 6.34. The predicted octanol–water partition coefficient (Wildman–Crippen LogP) is 7.91. The van der Waals surface area contributed by atoms with E-state index >= 15 is 0 Å². The molecule has 1 N–H and O–H groups in total. The van der Waals surface area contributed by atoms with Crippen LogP contribution in [0.4, 0.5) is 18.9 Å². The number of aromatic hydroxyl groups is 1. The number of para-hydroxylation sites is 1. The molecule has 0 amide bonds. The maximum atomic E-state index is 13.1. The SMILES string of the molecule is Oc1c(Cl)cccc1C=Nc1cc(C(F)(F)F)ccc1Oc1cc(Cl)ccc1Cl. The maximum Gasteiger partial charge on any atom is 0.416 e. The van der Waals surface area contributed by atoms with Gasteiger partial charge in [-0.1, -0.05) is 40.9 Å². The minimum atomic E-state index is -4.57. The van der Waals surface area contributed by atoms with Gasteiger partial charge in [-0.25, -0.2) is 0 Å². The third-order valence-electron chi connectivity index (χ3n) is 3.76. The molecule has 0 fully saturated rings. The molecule has 150 valence electrons. The van der Waals surface area contributed by atoms with Crippen molar-refractivity contribution in [3.8, 4) is 17.2 Å². The molecule has 0 atom stereocenters. The van der Waals surface area contributed by atoms with Gasteiger partial charge >= 0.3 is 6.18 Å². The number of ether oxygens (including phenoxy) is 1. The summed E-state index contributed by atoms with van der Waals surface area (Å²) < 4.78 is 45.1. The summed E-state index contributed by atoms with van der Waals surface area (Å²) in [5.74, 6) is -0.0776. The lowest BCUT2D eigenvalue weighted by Crippen LogP contribution is -2.04. The second-order valence-corrected chi connectivity index (χ2v) is 7.04. The molecule has 0 aliphatic carbocycles. The molecular formula is C20H11Cl3F3NO2. The highest BCUT2D eigenvalue weighted by atomic mass is 35.5. The molecule has 0 bridgehead atoms. The molecule has 0 aromatic heterocycles. The fraction of sp³-hybridized carbons (Fsp3) is 0.0500. The number of hydrogen-bond acceptors (Lipinski definition) is 3. The molecule has 0 aliphatic heterocycles. The van der Waals surface area contributed by atoms with Crippen molar-refractivity contribution in [1.29, 1.82) is 0 Å². The van der Waals surface area contributed by atoms with Crippen LogP contribution in [-0.2, 0) is 6.18 Å². The van der Waals surface area contributed by atoms with Crippen molar-refractivity contribution in [2.45, 2.75) is 6.18 Å². The van der Waals surface area contributed by atoms with E-state index in [1.807, 2.05) is 0 Å². The summed E-state index contributed by atoms with van der Waals surface area (Å²) in [7, 11) is 0. The van der Waals surface area contributed by atoms with Gasteiger partial charge in [-0.05, 0) is 42.5 Å². The summed E-state index contributed by atoms with van der Waals surface area (Å²) in [6, 6.07) is 11.8. The van der Waals surface area contributed by atoms with Crippen LogP contribution in [0.3, 0.4) is 0 Å². The van der Waals surface area contributed by atoms with E-state index in [9.17, 15) is 18.3 Å². The lowest BCUT2D eigenvalue weighted by atomic mass is 10.1. The minimum Gasteiger partial charge on any atom is -0.506 e. The van der Waals surface area contributed by atoms with Gasteiger partial charge in [0.25, 0.3) is 0 Å². The molecule has 0 saturated carbocycles. The first-order valence-electron chi connectivity index (χ1n) is 8.01. The first-order valence-corrected chi connectivity index (χ1v) is 9.14. The summed E-state index contributed by atoms with van der Waals surface area (Å²) in [5.41, 5.74) is -0.818. The highest BCUT2D eigenvalue weighted by Gasteiger charge is 2.31. The van der Waals surface area contributed by atoms with Gasteiger partial charge in [0.1, 0.15) is 17.2 Å². The van der Waals surface area contributed by atoms with Crippen LogP contribution in [0.5, 0.6) is 17.2 Å². The van der Waals surface area contributed by atoms with E-state index in [2.05, 4.69) is 4.99 Å². The van der Waals surface area contributed by atoms with Crippen molar-refractivity contribution in [3.63, 3.8) is 0 Å². The number of benzene rings is 3. The molecular weight excluding hydrogens is 450 g/mol. The van der Waals surface area contributed by atoms with Crippen molar-refractivity contribution < 1.29 is 23.0 Å². The van der Waals surface area contributed by atoms with Crippen molar-refractivity contribution in [2.75, 3.05) is 0 Å². The molecule has 29 heavy (non-hydrogen) atoms. The summed E-state index contributed by atoms with van der Waals surface area (Å²) >= 11 is 17.8. The zero-order valence-corrected chi connectivity index (χ0v) is 16.6. The first kappa shape index (κ1) is 21.3. The van der Waals surface area contributed by atoms with Gasteiger partial charge in [0.05, 0.1) is 15.6 Å². The van der Waals surface area contributed by atoms with Crippen LogP contribution in [0.15, 0.2) is 59.6 Å². The number of aliphatic imine (C=N–C) groups is 1. The number of phenols is 1. The second-order valence-electron chi connectivity index (χ2n) is 5.79. The van der Waals surface area contributed by atoms with E-state index in [0.717, 1.165) is 18.2 Å². The minimum absolute atomic E-state index is 0.0138. The Morgan fingerprint density at radius 1 is 0.897 bits per heavy atom. The number of nitrogens with zero attached hydrogens (tertiary/aromatic N) is 1. The van der Waals surface area contributed by atoms with Crippen molar-refractivity contribution in [2.24, 2.45) is 4.99 Å². The lowest BCUT2D eigenvalue weighted by Gasteiger charge is -2.13. The average Bonchev–Trinajstić information content (AvgIpc) is 2.66. The Bertz CT molecular complexity index is 1090. The summed E-state index contributed by atoms with van der Waals surface area (Å²) in [6.45, 7) is 0. The third-order valence-corrected chi connectivity index (χ3v) is 4.61. The Kier molecular flexibility index (Phi) is 6.27. The van der Waals surface area contributed by atoms with Crippen molar-refractivity contribution >= 4 is 46.7 Å². The lowest BCUT2D eigenvalue weighted by molar-refractivity contribution is -0.137. The molecule has 3 aromatic rings. The number of halogens is 6. The van der Waals surface area contributed by atoms with Crippen LogP contribution in [0.25, 0.3) is 0 Å². The number of phenolic OH excluding ortho intramolecular Hbond substituents is 1. The van der Waals surface area contributed by atoms with E-state index in [4.69, 9.17) is 39.5 Å². The van der Waals surface area contributed by atoms with Gasteiger partial charge in [-0.3, -0.25) is 4.99 Å². The molecule has 0 radical (unpaired) electrons. The van der Waals surface area contributed by atoms with Gasteiger partial charge < -0.3 is 9.84 Å². The molecule has 0 aliphatic rings. The van der Waals surface area contributed by atoms with E-state index in [1.165, 1.54) is 30.5 Å². The van der Waals surface area contributed by atoms with Crippen LogP contribution in [0.1, 0.15) is 11.1 Å². The quantitative estimate of drug-likeness (QED) is 0.402. The largest absolute Gasteiger partial charge is 0.506 e. The van der Waals surface area contributed by atoms with E-state index in [1.54, 1.807) is 12.1 Å². The number of rotatable bonds is 4. The standard InChI is InChI=1S/C20H11Cl3F3NO2/c21-13-5-6-14(22)18(9-13)29-17-7-4-12(20(24,25)26)8-16(17)27-10-11-2-1-3-15(23)19(11)28/h1-10,28H. The third kappa shape index (κ3) is 5.15. The zero-order chi connectivity index (χ0) is 21.2. The first-order chi connectivity index (χ1) is 13.6. The highest BCUT2D eigenvalue weighted by Crippen LogP contribution is 2.40. The molecule has 0 spiro atoms. The van der Waals surface area contributed by atoms with Gasteiger partial charge in [0.15, 0.2) is 5.75 Å². The van der Waals surface area contributed by atoms with Crippen LogP contribution >= 0.6 is 34.8 Å². The molecule has 0 unspecified atom stereocenters. The molecule has 9 heteroatoms. The smallest absolute Gasteiger partial charge is 0.416 e. The van der Waals surface area contributed by atoms with Gasteiger partial charge in [0, 0.05) is 22.9 Å². The number of hydrogen-bond donors (Lipinski definition) is 1. The van der Waals surface area contributed by atoms with Crippen LogP contribution in [0.2, 0.25) is 15.1 Å². The average molecular weight is 461 g/mol. The van der Waals surface area contributed by atoms with Gasteiger partial charge in [-0.2, -0.15) is 13.2 Å². The Morgan fingerprint density at radius 3 is 2.38 bits per heavy atom. The molecule has 3 rings (SSSR count). The van der Waals surface area contributed by atoms with Crippen molar-refractivity contribution in [1.82, 2.24) is 0 Å². The van der Waals surface area contributed by atoms with Crippen LogP contribution < -0.4 is 4.74 Å². The molecule has 0 saturated heterocycles. The van der Waals surface area contributed by atoms with Crippen LogP contribution in [-0.4, -0.2) is 11.3 Å². The van der Waals surface area contributed by atoms with Gasteiger partial charge in [0.2, 0.25) is 0 Å². The van der Waals surface area contributed by atoms with E-state index in [-0.39, 0.29) is 38.5 Å². The van der Waals surface area contributed by atoms with E-state index in [0.29, 0.717) is 5.02 Å². The molecule has 3 nitrogen and oxygen atoms in total. The molecule has 3 aromatic carbocycles. The zero-order valence-electron chi connectivity index (χ0n) is 14.3. The van der Waals surface area contributed by atoms with Crippen LogP contribution in [0, 0.1) is 0 Å². The summed E-state index contributed by atoms with van der Waals surface area (Å²) in [6.07, 6.45) is -3.39. The Hall–Kier alpha value is -2.41. The normalized spacial score (nSPS) is 11.8. The monoisotopic (exact) mass is 459 g/mol. The summed E-state index contributed by atoms with van der Waals surface area (Å²) in [5, 5.41) is 10.6. The van der Waals surface area contributed by atoms with E-state index < -0.39 is 11.7 Å². The predicted molar refractivity (Wildman–Crippen MR) is 108 cm³/mol. The fourth-order valence-electron chi connectivity index (χ4n) is 2.33. The summed E-state index contributed by atoms with van der Waals surface area (Å²) in [4.78, 5) is 4.06. The fourth-order valence-corrected chi connectivity index (χ4v) is 2.83. The van der Waals surface area contributed by atoms with Crippen molar-refractivity contribution in [3.05, 3.63) is 80.8 Å². The Morgan fingerprint density at radius 2 is 1.66 bits per heavy atom. The van der Waals surface area contributed by atoms with Gasteiger partial charge in [-0.15, -0.1) is 0 Å². The molecule has 0 heterocycles. The Balaban J connectivity index is 2.05. The Labute approximate surface area is 178 Å². The topological polar surface area (TPSA) is 41.8 Å².